The van der Waals surface area contributed by atoms with Gasteiger partial charge in [-0.25, -0.2) is 4.39 Å². The minimum atomic E-state index is -0.236. The van der Waals surface area contributed by atoms with E-state index in [2.05, 4.69) is 38.0 Å². The molecule has 3 aromatic rings. The number of amides is 1. The molecule has 0 radical (unpaired) electrons. The van der Waals surface area contributed by atoms with Gasteiger partial charge in [0.1, 0.15) is 11.6 Å². The average molecular weight is 507 g/mol. The molecule has 0 saturated carbocycles. The van der Waals surface area contributed by atoms with Crippen LogP contribution < -0.4 is 5.32 Å². The molecule has 0 atom stereocenters. The first-order valence-corrected chi connectivity index (χ1v) is 12.0. The van der Waals surface area contributed by atoms with Gasteiger partial charge in [0.15, 0.2) is 5.16 Å². The second-order valence-electron chi connectivity index (χ2n) is 6.26. The van der Waals surface area contributed by atoms with Crippen molar-refractivity contribution in [2.45, 2.75) is 23.2 Å². The van der Waals surface area contributed by atoms with Crippen molar-refractivity contribution in [3.8, 4) is 0 Å². The van der Waals surface area contributed by atoms with Crippen LogP contribution in [-0.2, 0) is 22.8 Å². The number of carbonyl (C=O) groups is 1. The molecule has 5 nitrogen and oxygen atoms in total. The number of halogens is 2. The van der Waals surface area contributed by atoms with E-state index in [1.54, 1.807) is 30.0 Å². The molecule has 1 N–H and O–H groups in total. The summed E-state index contributed by atoms with van der Waals surface area (Å²) in [6.07, 6.45) is 1.78. The SMILES string of the molecule is C=CCn1c(CSCc2ccc(F)cc2)nnc1SCC(=O)Nc1ccc(Br)cc1. The number of nitrogens with zero attached hydrogens (tertiary/aromatic N) is 3. The van der Waals surface area contributed by atoms with Crippen LogP contribution in [0.25, 0.3) is 0 Å². The van der Waals surface area contributed by atoms with E-state index in [9.17, 15) is 9.18 Å². The third-order valence-corrected chi connectivity index (χ3v) is 6.47. The normalized spacial score (nSPS) is 10.7. The highest BCUT2D eigenvalue weighted by molar-refractivity contribution is 9.10. The first-order chi connectivity index (χ1) is 14.5. The van der Waals surface area contributed by atoms with E-state index in [0.717, 1.165) is 27.3 Å². The van der Waals surface area contributed by atoms with Crippen molar-refractivity contribution < 1.29 is 9.18 Å². The van der Waals surface area contributed by atoms with Gasteiger partial charge in [0.05, 0.1) is 11.5 Å². The number of nitrogens with one attached hydrogen (secondary N) is 1. The molecule has 0 aliphatic rings. The Morgan fingerprint density at radius 1 is 1.13 bits per heavy atom. The second-order valence-corrected chi connectivity index (χ2v) is 9.10. The van der Waals surface area contributed by atoms with E-state index < -0.39 is 0 Å². The predicted molar refractivity (Wildman–Crippen MR) is 125 cm³/mol. The van der Waals surface area contributed by atoms with Crippen molar-refractivity contribution in [2.24, 2.45) is 0 Å². The Morgan fingerprint density at radius 3 is 2.57 bits per heavy atom. The third kappa shape index (κ3) is 6.72. The molecule has 156 valence electrons. The maximum Gasteiger partial charge on any atom is 0.234 e. The van der Waals surface area contributed by atoms with Gasteiger partial charge in [0, 0.05) is 22.5 Å². The Morgan fingerprint density at radius 2 is 1.87 bits per heavy atom. The van der Waals surface area contributed by atoms with Gasteiger partial charge in [-0.2, -0.15) is 0 Å². The lowest BCUT2D eigenvalue weighted by Gasteiger charge is -2.08. The summed E-state index contributed by atoms with van der Waals surface area (Å²) < 4.78 is 15.9. The minimum Gasteiger partial charge on any atom is -0.325 e. The van der Waals surface area contributed by atoms with E-state index in [4.69, 9.17) is 0 Å². The lowest BCUT2D eigenvalue weighted by Crippen LogP contribution is -2.14. The van der Waals surface area contributed by atoms with Crippen molar-refractivity contribution in [3.63, 3.8) is 0 Å². The molecular formula is C21H20BrFN4OS2. The van der Waals surface area contributed by atoms with Crippen LogP contribution in [0.15, 0.2) is 70.8 Å². The molecule has 0 spiro atoms. The number of rotatable bonds is 10. The average Bonchev–Trinajstić information content (AvgIpc) is 3.12. The van der Waals surface area contributed by atoms with Gasteiger partial charge in [0.2, 0.25) is 5.91 Å². The molecule has 0 bridgehead atoms. The molecule has 0 aliphatic heterocycles. The Labute approximate surface area is 191 Å². The molecule has 2 aromatic carbocycles. The van der Waals surface area contributed by atoms with Crippen LogP contribution in [0.5, 0.6) is 0 Å². The summed E-state index contributed by atoms with van der Waals surface area (Å²) in [7, 11) is 0. The third-order valence-electron chi connectivity index (χ3n) is 3.98. The fraction of sp³-hybridized carbons (Fsp3) is 0.190. The standard InChI is InChI=1S/C21H20BrFN4OS2/c1-2-11-27-19(13-29-12-15-3-7-17(23)8-4-15)25-26-21(27)30-14-20(28)24-18-9-5-16(22)6-10-18/h2-10H,1,11-14H2,(H,24,28). The Bertz CT molecular complexity index is 993. The smallest absolute Gasteiger partial charge is 0.234 e. The molecular weight excluding hydrogens is 487 g/mol. The van der Waals surface area contributed by atoms with Crippen LogP contribution in [0.3, 0.4) is 0 Å². The van der Waals surface area contributed by atoms with Crippen LogP contribution in [0, 0.1) is 5.82 Å². The number of hydrogen-bond acceptors (Lipinski definition) is 5. The number of anilines is 1. The molecule has 0 aliphatic carbocycles. The summed E-state index contributed by atoms with van der Waals surface area (Å²) >= 11 is 6.38. The minimum absolute atomic E-state index is 0.109. The highest BCUT2D eigenvalue weighted by Crippen LogP contribution is 2.22. The van der Waals surface area contributed by atoms with E-state index in [0.29, 0.717) is 17.5 Å². The molecule has 3 rings (SSSR count). The number of thioether (sulfide) groups is 2. The van der Waals surface area contributed by atoms with E-state index in [1.807, 2.05) is 28.8 Å². The maximum atomic E-state index is 13.0. The second kappa shape index (κ2) is 11.3. The highest BCUT2D eigenvalue weighted by Gasteiger charge is 2.14. The van der Waals surface area contributed by atoms with Crippen LogP contribution in [0.2, 0.25) is 0 Å². The van der Waals surface area contributed by atoms with Crippen LogP contribution in [0.4, 0.5) is 10.1 Å². The molecule has 1 heterocycles. The molecule has 1 amide bonds. The molecule has 9 heteroatoms. The fourth-order valence-corrected chi connectivity index (χ4v) is 4.50. The van der Waals surface area contributed by atoms with Gasteiger partial charge in [-0.1, -0.05) is 45.9 Å². The van der Waals surface area contributed by atoms with Crippen LogP contribution in [-0.4, -0.2) is 26.4 Å². The van der Waals surface area contributed by atoms with Crippen molar-refractivity contribution in [3.05, 3.63) is 82.9 Å². The van der Waals surface area contributed by atoms with Gasteiger partial charge in [-0.3, -0.25) is 4.79 Å². The largest absolute Gasteiger partial charge is 0.325 e. The predicted octanol–water partition coefficient (Wildman–Crippen LogP) is 5.53. The van der Waals surface area contributed by atoms with E-state index in [-0.39, 0.29) is 17.5 Å². The van der Waals surface area contributed by atoms with E-state index >= 15 is 0 Å². The zero-order chi connectivity index (χ0) is 21.3. The number of carbonyl (C=O) groups excluding carboxylic acids is 1. The lowest BCUT2D eigenvalue weighted by atomic mass is 10.2. The number of benzene rings is 2. The topological polar surface area (TPSA) is 59.8 Å². The summed E-state index contributed by atoms with van der Waals surface area (Å²) in [5, 5.41) is 12.1. The summed E-state index contributed by atoms with van der Waals surface area (Å²) in [5.74, 6) is 2.11. The van der Waals surface area contributed by atoms with Crippen molar-refractivity contribution in [1.29, 1.82) is 0 Å². The van der Waals surface area contributed by atoms with Gasteiger partial charge in [-0.05, 0) is 42.0 Å². The highest BCUT2D eigenvalue weighted by atomic mass is 79.9. The zero-order valence-corrected chi connectivity index (χ0v) is 19.3. The Balaban J connectivity index is 1.55. The zero-order valence-electron chi connectivity index (χ0n) is 16.1. The summed E-state index contributed by atoms with van der Waals surface area (Å²) in [5.41, 5.74) is 1.80. The first kappa shape index (κ1) is 22.6. The van der Waals surface area contributed by atoms with Crippen LogP contribution in [0.1, 0.15) is 11.4 Å². The molecule has 0 unspecified atom stereocenters. The van der Waals surface area contributed by atoms with Gasteiger partial charge >= 0.3 is 0 Å². The van der Waals surface area contributed by atoms with Crippen molar-refractivity contribution >= 4 is 51.0 Å². The quantitative estimate of drug-likeness (QED) is 0.289. The van der Waals surface area contributed by atoms with Gasteiger partial charge < -0.3 is 9.88 Å². The van der Waals surface area contributed by atoms with Gasteiger partial charge in [0.25, 0.3) is 0 Å². The number of aromatic nitrogens is 3. The summed E-state index contributed by atoms with van der Waals surface area (Å²) in [4.78, 5) is 12.2. The number of allylic oxidation sites excluding steroid dienone is 1. The van der Waals surface area contributed by atoms with Crippen LogP contribution >= 0.6 is 39.5 Å². The Kier molecular flexibility index (Phi) is 8.53. The molecule has 30 heavy (non-hydrogen) atoms. The molecule has 0 saturated heterocycles. The van der Waals surface area contributed by atoms with E-state index in [1.165, 1.54) is 23.9 Å². The van der Waals surface area contributed by atoms with Crippen molar-refractivity contribution in [1.82, 2.24) is 14.8 Å². The molecule has 0 fully saturated rings. The monoisotopic (exact) mass is 506 g/mol. The summed E-state index contributed by atoms with van der Waals surface area (Å²) in [6.45, 7) is 4.37. The summed E-state index contributed by atoms with van der Waals surface area (Å²) in [6, 6.07) is 13.9. The Hall–Kier alpha value is -2.10. The lowest BCUT2D eigenvalue weighted by molar-refractivity contribution is -0.113. The number of hydrogen-bond donors (Lipinski definition) is 1. The maximum absolute atomic E-state index is 13.0. The van der Waals surface area contributed by atoms with Gasteiger partial charge in [-0.15, -0.1) is 28.5 Å². The molecule has 1 aromatic heterocycles. The van der Waals surface area contributed by atoms with Crippen molar-refractivity contribution in [2.75, 3.05) is 11.1 Å². The first-order valence-electron chi connectivity index (χ1n) is 9.08. The fourth-order valence-electron chi connectivity index (χ4n) is 2.55.